The van der Waals surface area contributed by atoms with E-state index in [1.54, 1.807) is 14.0 Å². The SMILES string of the molecule is CCC(C)Oc1cc(C)ccc1CNC(=NC)NCCNS(=O)(=O)CC.I. The molecular formula is C18H33IN4O3S. The molecule has 0 saturated carbocycles. The average molecular weight is 512 g/mol. The number of aliphatic imine (C=N–C) groups is 1. The van der Waals surface area contributed by atoms with Crippen molar-refractivity contribution in [2.24, 2.45) is 4.99 Å². The van der Waals surface area contributed by atoms with Crippen LogP contribution in [0.2, 0.25) is 0 Å². The molecule has 1 atom stereocenters. The zero-order valence-corrected chi connectivity index (χ0v) is 20.0. The summed E-state index contributed by atoms with van der Waals surface area (Å²) in [7, 11) is -1.49. The smallest absolute Gasteiger partial charge is 0.211 e. The fraction of sp³-hybridized carbons (Fsp3) is 0.611. The van der Waals surface area contributed by atoms with E-state index in [1.165, 1.54) is 0 Å². The molecule has 1 rings (SSSR count). The van der Waals surface area contributed by atoms with E-state index in [1.807, 2.05) is 19.1 Å². The number of nitrogens with zero attached hydrogens (tertiary/aromatic N) is 1. The van der Waals surface area contributed by atoms with Gasteiger partial charge < -0.3 is 15.4 Å². The minimum absolute atomic E-state index is 0. The van der Waals surface area contributed by atoms with E-state index >= 15 is 0 Å². The maximum atomic E-state index is 11.4. The molecule has 0 radical (unpaired) electrons. The summed E-state index contributed by atoms with van der Waals surface area (Å²) in [5, 5.41) is 6.32. The highest BCUT2D eigenvalue weighted by Gasteiger charge is 2.09. The molecule has 0 aliphatic rings. The Morgan fingerprint density at radius 1 is 1.22 bits per heavy atom. The third-order valence-electron chi connectivity index (χ3n) is 3.92. The largest absolute Gasteiger partial charge is 0.490 e. The maximum Gasteiger partial charge on any atom is 0.211 e. The molecule has 0 saturated heterocycles. The standard InChI is InChI=1S/C18H32N4O3S.HI/c1-6-15(4)25-17-12-14(3)8-9-16(17)13-21-18(19-5)20-10-11-22-26(23,24)7-2;/h8-9,12,15,22H,6-7,10-11,13H2,1-5H3,(H2,19,20,21);1H. The summed E-state index contributed by atoms with van der Waals surface area (Å²) in [5.41, 5.74) is 2.20. The van der Waals surface area contributed by atoms with Crippen molar-refractivity contribution >= 4 is 40.0 Å². The fourth-order valence-corrected chi connectivity index (χ4v) is 2.72. The second-order valence-corrected chi connectivity index (χ2v) is 8.19. The number of aryl methyl sites for hydroxylation is 1. The van der Waals surface area contributed by atoms with Gasteiger partial charge in [-0.25, -0.2) is 13.1 Å². The highest BCUT2D eigenvalue weighted by Crippen LogP contribution is 2.22. The van der Waals surface area contributed by atoms with Gasteiger partial charge in [-0.05, 0) is 38.8 Å². The molecule has 0 aliphatic carbocycles. The van der Waals surface area contributed by atoms with Crippen LogP contribution in [0.4, 0.5) is 0 Å². The van der Waals surface area contributed by atoms with Crippen molar-refractivity contribution in [3.63, 3.8) is 0 Å². The van der Waals surface area contributed by atoms with Crippen LogP contribution in [0.5, 0.6) is 5.75 Å². The highest BCUT2D eigenvalue weighted by atomic mass is 127. The lowest BCUT2D eigenvalue weighted by Gasteiger charge is -2.18. The number of nitrogens with one attached hydrogen (secondary N) is 3. The van der Waals surface area contributed by atoms with E-state index in [0.717, 1.165) is 23.3 Å². The molecule has 1 aromatic carbocycles. The molecule has 0 spiro atoms. The predicted molar refractivity (Wildman–Crippen MR) is 123 cm³/mol. The zero-order valence-electron chi connectivity index (χ0n) is 16.8. The Hall–Kier alpha value is -1.07. The van der Waals surface area contributed by atoms with E-state index in [4.69, 9.17) is 4.74 Å². The predicted octanol–water partition coefficient (Wildman–Crippen LogP) is 2.39. The number of hydrogen-bond acceptors (Lipinski definition) is 4. The van der Waals surface area contributed by atoms with E-state index in [2.05, 4.69) is 40.3 Å². The van der Waals surface area contributed by atoms with E-state index < -0.39 is 10.0 Å². The maximum absolute atomic E-state index is 11.4. The van der Waals surface area contributed by atoms with E-state index in [0.29, 0.717) is 25.6 Å². The highest BCUT2D eigenvalue weighted by molar-refractivity contribution is 14.0. The molecule has 3 N–H and O–H groups in total. The number of ether oxygens (including phenoxy) is 1. The van der Waals surface area contributed by atoms with Crippen LogP contribution in [0.25, 0.3) is 0 Å². The molecule has 0 heterocycles. The van der Waals surface area contributed by atoms with Crippen molar-refractivity contribution in [2.45, 2.75) is 46.8 Å². The molecule has 0 amide bonds. The zero-order chi connectivity index (χ0) is 19.6. The minimum atomic E-state index is -3.17. The van der Waals surface area contributed by atoms with Crippen molar-refractivity contribution in [1.82, 2.24) is 15.4 Å². The van der Waals surface area contributed by atoms with Crippen LogP contribution in [0, 0.1) is 6.92 Å². The van der Waals surface area contributed by atoms with Crippen LogP contribution < -0.4 is 20.1 Å². The van der Waals surface area contributed by atoms with Crippen LogP contribution >= 0.6 is 24.0 Å². The first-order valence-electron chi connectivity index (χ1n) is 8.99. The molecule has 1 aromatic rings. The Bertz CT molecular complexity index is 696. The summed E-state index contributed by atoms with van der Waals surface area (Å²) in [6.07, 6.45) is 1.09. The Kier molecular flexibility index (Phi) is 12.6. The van der Waals surface area contributed by atoms with Gasteiger partial charge >= 0.3 is 0 Å². The van der Waals surface area contributed by atoms with Crippen LogP contribution in [0.1, 0.15) is 38.3 Å². The molecule has 1 unspecified atom stereocenters. The molecule has 0 aromatic heterocycles. The lowest BCUT2D eigenvalue weighted by atomic mass is 10.1. The molecule has 0 bridgehead atoms. The fourth-order valence-electron chi connectivity index (χ4n) is 2.11. The van der Waals surface area contributed by atoms with E-state index in [9.17, 15) is 8.42 Å². The lowest BCUT2D eigenvalue weighted by Crippen LogP contribution is -2.41. The summed E-state index contributed by atoms with van der Waals surface area (Å²) in [6.45, 7) is 9.11. The van der Waals surface area contributed by atoms with Gasteiger partial charge in [0.05, 0.1) is 11.9 Å². The molecule has 0 fully saturated rings. The van der Waals surface area contributed by atoms with Crippen LogP contribution in [-0.4, -0.2) is 46.4 Å². The summed E-state index contributed by atoms with van der Waals surface area (Å²) >= 11 is 0. The monoisotopic (exact) mass is 512 g/mol. The first kappa shape index (κ1) is 25.9. The number of benzene rings is 1. The first-order valence-corrected chi connectivity index (χ1v) is 10.6. The number of guanidine groups is 1. The van der Waals surface area contributed by atoms with Crippen LogP contribution in [-0.2, 0) is 16.6 Å². The normalized spacial score (nSPS) is 12.9. The molecular weight excluding hydrogens is 479 g/mol. The Balaban J connectivity index is 0.00000676. The number of rotatable bonds is 10. The second kappa shape index (κ2) is 13.2. The number of halogens is 1. The second-order valence-electron chi connectivity index (χ2n) is 6.10. The van der Waals surface area contributed by atoms with Gasteiger partial charge in [0.2, 0.25) is 10.0 Å². The summed E-state index contributed by atoms with van der Waals surface area (Å²) in [5.74, 6) is 1.56. The summed E-state index contributed by atoms with van der Waals surface area (Å²) in [4.78, 5) is 4.16. The van der Waals surface area contributed by atoms with Crippen molar-refractivity contribution in [2.75, 3.05) is 25.9 Å². The van der Waals surface area contributed by atoms with Crippen LogP contribution in [0.15, 0.2) is 23.2 Å². The van der Waals surface area contributed by atoms with Gasteiger partial charge in [-0.2, -0.15) is 0 Å². The number of hydrogen-bond donors (Lipinski definition) is 3. The first-order chi connectivity index (χ1) is 12.3. The molecule has 7 nitrogen and oxygen atoms in total. The van der Waals surface area contributed by atoms with Gasteiger partial charge in [-0.15, -0.1) is 24.0 Å². The van der Waals surface area contributed by atoms with Gasteiger partial charge in [-0.3, -0.25) is 4.99 Å². The minimum Gasteiger partial charge on any atom is -0.490 e. The third kappa shape index (κ3) is 10.2. The molecule has 27 heavy (non-hydrogen) atoms. The van der Waals surface area contributed by atoms with Gasteiger partial charge in [-0.1, -0.05) is 19.1 Å². The quantitative estimate of drug-likeness (QED) is 0.194. The van der Waals surface area contributed by atoms with Crippen molar-refractivity contribution in [3.05, 3.63) is 29.3 Å². The van der Waals surface area contributed by atoms with Crippen molar-refractivity contribution in [1.29, 1.82) is 0 Å². The summed E-state index contributed by atoms with van der Waals surface area (Å²) in [6, 6.07) is 6.14. The van der Waals surface area contributed by atoms with Gasteiger partial charge in [0.25, 0.3) is 0 Å². The summed E-state index contributed by atoms with van der Waals surface area (Å²) < 4.78 is 31.3. The average Bonchev–Trinajstić information content (AvgIpc) is 2.62. The van der Waals surface area contributed by atoms with Gasteiger partial charge in [0.15, 0.2) is 5.96 Å². The molecule has 156 valence electrons. The molecule has 0 aliphatic heterocycles. The lowest BCUT2D eigenvalue weighted by molar-refractivity contribution is 0.215. The number of sulfonamides is 1. The Morgan fingerprint density at radius 3 is 2.52 bits per heavy atom. The van der Waals surface area contributed by atoms with Crippen molar-refractivity contribution < 1.29 is 13.2 Å². The third-order valence-corrected chi connectivity index (χ3v) is 5.32. The van der Waals surface area contributed by atoms with Crippen LogP contribution in [0.3, 0.4) is 0 Å². The Labute approximate surface area is 180 Å². The Morgan fingerprint density at radius 2 is 1.93 bits per heavy atom. The molecule has 9 heteroatoms. The van der Waals surface area contributed by atoms with Gasteiger partial charge in [0, 0.05) is 32.2 Å². The van der Waals surface area contributed by atoms with Gasteiger partial charge in [0.1, 0.15) is 5.75 Å². The van der Waals surface area contributed by atoms with E-state index in [-0.39, 0.29) is 35.8 Å². The topological polar surface area (TPSA) is 91.8 Å². The van der Waals surface area contributed by atoms with Crippen molar-refractivity contribution in [3.8, 4) is 5.75 Å².